The Morgan fingerprint density at radius 3 is 2.58 bits per heavy atom. The number of hydrogen-bond donors (Lipinski definition) is 2. The first-order valence-corrected chi connectivity index (χ1v) is 5.63. The van der Waals surface area contributed by atoms with Gasteiger partial charge in [-0.05, 0) is 26.0 Å². The van der Waals surface area contributed by atoms with E-state index >= 15 is 0 Å². The maximum absolute atomic E-state index is 11.9. The summed E-state index contributed by atoms with van der Waals surface area (Å²) < 4.78 is 10.3. The summed E-state index contributed by atoms with van der Waals surface area (Å²) in [4.78, 5) is 22.5. The summed E-state index contributed by atoms with van der Waals surface area (Å²) in [7, 11) is 0. The van der Waals surface area contributed by atoms with Gasteiger partial charge in [-0.3, -0.25) is 4.79 Å². The second-order valence-electron chi connectivity index (χ2n) is 4.12. The molecule has 0 saturated carbocycles. The molecule has 6 nitrogen and oxygen atoms in total. The first-order valence-electron chi connectivity index (χ1n) is 5.63. The van der Waals surface area contributed by atoms with Crippen molar-refractivity contribution in [2.24, 2.45) is 0 Å². The van der Waals surface area contributed by atoms with Gasteiger partial charge < -0.3 is 19.3 Å². The summed E-state index contributed by atoms with van der Waals surface area (Å²) in [6.45, 7) is 3.59. The van der Waals surface area contributed by atoms with E-state index in [-0.39, 0.29) is 18.0 Å². The van der Waals surface area contributed by atoms with Gasteiger partial charge in [-0.2, -0.15) is 0 Å². The highest BCUT2D eigenvalue weighted by Gasteiger charge is 2.14. The zero-order valence-electron chi connectivity index (χ0n) is 10.5. The van der Waals surface area contributed by atoms with Crippen molar-refractivity contribution < 1.29 is 23.5 Å². The monoisotopic (exact) mass is 263 g/mol. The molecule has 0 atom stereocenters. The van der Waals surface area contributed by atoms with Gasteiger partial charge in [-0.25, -0.2) is 4.79 Å². The summed E-state index contributed by atoms with van der Waals surface area (Å²) in [5.74, 6) is 0.225. The number of nitrogens with one attached hydrogen (secondary N) is 1. The standard InChI is InChI=1S/C13H13NO5/c1-7-3-11(8(2)19-7)12(15)14-5-10-4-9(6-18-10)13(16)17/h3-4,6H,5H2,1-2H3,(H,14,15)(H,16,17). The van der Waals surface area contributed by atoms with Crippen LogP contribution in [0.1, 0.15) is 38.0 Å². The molecule has 2 aromatic heterocycles. The van der Waals surface area contributed by atoms with Gasteiger partial charge in [0.15, 0.2) is 0 Å². The molecule has 0 spiro atoms. The van der Waals surface area contributed by atoms with E-state index in [2.05, 4.69) is 5.32 Å². The van der Waals surface area contributed by atoms with Gasteiger partial charge in [-0.1, -0.05) is 0 Å². The zero-order valence-corrected chi connectivity index (χ0v) is 10.5. The molecule has 2 N–H and O–H groups in total. The molecule has 1 amide bonds. The molecule has 0 unspecified atom stereocenters. The summed E-state index contributed by atoms with van der Waals surface area (Å²) >= 11 is 0. The molecular weight excluding hydrogens is 250 g/mol. The topological polar surface area (TPSA) is 92.7 Å². The molecule has 0 aliphatic rings. The van der Waals surface area contributed by atoms with Crippen LogP contribution in [0.3, 0.4) is 0 Å². The second kappa shape index (κ2) is 5.01. The maximum atomic E-state index is 11.9. The van der Waals surface area contributed by atoms with Crippen molar-refractivity contribution in [2.45, 2.75) is 20.4 Å². The molecule has 0 fully saturated rings. The Balaban J connectivity index is 2.00. The molecule has 100 valence electrons. The Hall–Kier alpha value is -2.50. The third-order valence-corrected chi connectivity index (χ3v) is 2.61. The molecule has 0 aliphatic carbocycles. The van der Waals surface area contributed by atoms with Crippen LogP contribution in [0.5, 0.6) is 0 Å². The summed E-state index contributed by atoms with van der Waals surface area (Å²) in [6, 6.07) is 3.02. The number of amides is 1. The molecule has 0 aromatic carbocycles. The number of hydrogen-bond acceptors (Lipinski definition) is 4. The van der Waals surface area contributed by atoms with Crippen LogP contribution in [0.4, 0.5) is 0 Å². The van der Waals surface area contributed by atoms with Crippen molar-refractivity contribution in [3.8, 4) is 0 Å². The van der Waals surface area contributed by atoms with E-state index in [1.54, 1.807) is 19.9 Å². The Morgan fingerprint density at radius 1 is 1.32 bits per heavy atom. The minimum atomic E-state index is -1.07. The first-order chi connectivity index (χ1) is 8.97. The van der Waals surface area contributed by atoms with Crippen molar-refractivity contribution >= 4 is 11.9 Å². The van der Waals surface area contributed by atoms with E-state index in [0.29, 0.717) is 22.8 Å². The minimum absolute atomic E-state index is 0.0552. The molecule has 0 bridgehead atoms. The van der Waals surface area contributed by atoms with Crippen LogP contribution >= 0.6 is 0 Å². The lowest BCUT2D eigenvalue weighted by Crippen LogP contribution is -2.22. The highest BCUT2D eigenvalue weighted by atomic mass is 16.4. The van der Waals surface area contributed by atoms with Crippen molar-refractivity contribution in [3.05, 3.63) is 46.8 Å². The fourth-order valence-electron chi connectivity index (χ4n) is 1.70. The first kappa shape index (κ1) is 12.9. The van der Waals surface area contributed by atoms with E-state index < -0.39 is 5.97 Å². The largest absolute Gasteiger partial charge is 0.478 e. The Bertz CT molecular complexity index is 623. The zero-order chi connectivity index (χ0) is 14.0. The fourth-order valence-corrected chi connectivity index (χ4v) is 1.70. The highest BCUT2D eigenvalue weighted by Crippen LogP contribution is 2.14. The Morgan fingerprint density at radius 2 is 2.05 bits per heavy atom. The number of rotatable bonds is 4. The fraction of sp³-hybridized carbons (Fsp3) is 0.231. The average Bonchev–Trinajstić information content (AvgIpc) is 2.93. The van der Waals surface area contributed by atoms with Gasteiger partial charge in [-0.15, -0.1) is 0 Å². The number of carbonyl (C=O) groups excluding carboxylic acids is 1. The number of aromatic carboxylic acids is 1. The number of furan rings is 2. The molecule has 6 heteroatoms. The number of carbonyl (C=O) groups is 2. The van der Waals surface area contributed by atoms with E-state index in [0.717, 1.165) is 6.26 Å². The van der Waals surface area contributed by atoms with Crippen LogP contribution in [0.2, 0.25) is 0 Å². The van der Waals surface area contributed by atoms with Crippen LogP contribution in [-0.2, 0) is 6.54 Å². The Kier molecular flexibility index (Phi) is 3.41. The van der Waals surface area contributed by atoms with Gasteiger partial charge in [0, 0.05) is 0 Å². The average molecular weight is 263 g/mol. The van der Waals surface area contributed by atoms with Crippen LogP contribution in [0.15, 0.2) is 27.2 Å². The molecule has 2 rings (SSSR count). The number of carboxylic acids is 1. The van der Waals surface area contributed by atoms with E-state index in [9.17, 15) is 9.59 Å². The van der Waals surface area contributed by atoms with Gasteiger partial charge in [0.2, 0.25) is 0 Å². The lowest BCUT2D eigenvalue weighted by atomic mass is 10.2. The molecular formula is C13H13NO5. The lowest BCUT2D eigenvalue weighted by Gasteiger charge is -2.01. The van der Waals surface area contributed by atoms with Gasteiger partial charge in [0.25, 0.3) is 5.91 Å². The van der Waals surface area contributed by atoms with Crippen molar-refractivity contribution in [1.29, 1.82) is 0 Å². The third kappa shape index (κ3) is 2.85. The molecule has 0 saturated heterocycles. The van der Waals surface area contributed by atoms with Crippen LogP contribution < -0.4 is 5.32 Å². The molecule has 0 radical (unpaired) electrons. The summed E-state index contributed by atoms with van der Waals surface area (Å²) in [6.07, 6.45) is 1.14. The van der Waals surface area contributed by atoms with Crippen LogP contribution in [-0.4, -0.2) is 17.0 Å². The van der Waals surface area contributed by atoms with Gasteiger partial charge in [0.05, 0.1) is 17.7 Å². The predicted molar refractivity (Wildman–Crippen MR) is 65.0 cm³/mol. The summed E-state index contributed by atoms with van der Waals surface area (Å²) in [5.41, 5.74) is 0.516. The molecule has 19 heavy (non-hydrogen) atoms. The van der Waals surface area contributed by atoms with Crippen molar-refractivity contribution in [2.75, 3.05) is 0 Å². The number of carboxylic acid groups (broad SMARTS) is 1. The van der Waals surface area contributed by atoms with Crippen LogP contribution in [0, 0.1) is 13.8 Å². The third-order valence-electron chi connectivity index (χ3n) is 2.61. The van der Waals surface area contributed by atoms with Crippen LogP contribution in [0.25, 0.3) is 0 Å². The quantitative estimate of drug-likeness (QED) is 0.881. The van der Waals surface area contributed by atoms with E-state index in [1.807, 2.05) is 0 Å². The van der Waals surface area contributed by atoms with E-state index in [1.165, 1.54) is 6.07 Å². The minimum Gasteiger partial charge on any atom is -0.478 e. The SMILES string of the molecule is Cc1cc(C(=O)NCc2cc(C(=O)O)co2)c(C)o1. The van der Waals surface area contributed by atoms with Gasteiger partial charge in [0.1, 0.15) is 23.5 Å². The normalized spacial score (nSPS) is 10.4. The molecule has 2 heterocycles. The Labute approximate surface area is 109 Å². The molecule has 2 aromatic rings. The van der Waals surface area contributed by atoms with E-state index in [4.69, 9.17) is 13.9 Å². The summed E-state index contributed by atoms with van der Waals surface area (Å²) in [5, 5.41) is 11.4. The predicted octanol–water partition coefficient (Wildman–Crippen LogP) is 2.12. The lowest BCUT2D eigenvalue weighted by molar-refractivity contribution is 0.0696. The van der Waals surface area contributed by atoms with Gasteiger partial charge >= 0.3 is 5.97 Å². The maximum Gasteiger partial charge on any atom is 0.338 e. The second-order valence-corrected chi connectivity index (χ2v) is 4.12. The molecule has 0 aliphatic heterocycles. The van der Waals surface area contributed by atoms with Crippen molar-refractivity contribution in [1.82, 2.24) is 5.32 Å². The van der Waals surface area contributed by atoms with Crippen molar-refractivity contribution in [3.63, 3.8) is 0 Å². The smallest absolute Gasteiger partial charge is 0.338 e. The highest BCUT2D eigenvalue weighted by molar-refractivity contribution is 5.95. The number of aryl methyl sites for hydroxylation is 2.